The van der Waals surface area contributed by atoms with E-state index in [1.807, 2.05) is 36.5 Å². The summed E-state index contributed by atoms with van der Waals surface area (Å²) in [5, 5.41) is 14.4. The Morgan fingerprint density at radius 2 is 2.19 bits per heavy atom. The van der Waals surface area contributed by atoms with Crippen LogP contribution >= 0.6 is 0 Å². The first-order valence-corrected chi connectivity index (χ1v) is 9.03. The molecule has 0 bridgehead atoms. The molecule has 26 heavy (non-hydrogen) atoms. The van der Waals surface area contributed by atoms with Gasteiger partial charge in [0.2, 0.25) is 0 Å². The summed E-state index contributed by atoms with van der Waals surface area (Å²) in [6.07, 6.45) is 5.15. The van der Waals surface area contributed by atoms with Gasteiger partial charge < -0.3 is 14.4 Å². The molecule has 142 valence electrons. The number of nitrogens with zero attached hydrogens (tertiary/aromatic N) is 4. The van der Waals surface area contributed by atoms with Gasteiger partial charge >= 0.3 is 5.97 Å². The molecule has 3 unspecified atom stereocenters. The van der Waals surface area contributed by atoms with Gasteiger partial charge in [0.05, 0.1) is 31.0 Å². The van der Waals surface area contributed by atoms with E-state index in [2.05, 4.69) is 11.2 Å². The zero-order chi connectivity index (χ0) is 19.5. The Labute approximate surface area is 154 Å². The van der Waals surface area contributed by atoms with Crippen molar-refractivity contribution in [2.45, 2.75) is 58.5 Å². The summed E-state index contributed by atoms with van der Waals surface area (Å²) in [4.78, 5) is 25.7. The van der Waals surface area contributed by atoms with Crippen LogP contribution in [-0.2, 0) is 14.3 Å². The van der Waals surface area contributed by atoms with Gasteiger partial charge in [0.15, 0.2) is 0 Å². The molecule has 0 aromatic carbocycles. The topological polar surface area (TPSA) is 88.2 Å². The van der Waals surface area contributed by atoms with Crippen LogP contribution in [0.5, 0.6) is 0 Å². The molecule has 2 heterocycles. The number of piperidine rings is 1. The number of Topliss-reactive ketones (excluding diaryl/α,β-unsaturated/α-hetero) is 1. The molecule has 1 aromatic heterocycles. The summed E-state index contributed by atoms with van der Waals surface area (Å²) in [5.41, 5.74) is -0.00524. The van der Waals surface area contributed by atoms with E-state index in [0.29, 0.717) is 25.8 Å². The molecule has 1 saturated heterocycles. The summed E-state index contributed by atoms with van der Waals surface area (Å²) < 4.78 is 6.79. The standard InChI is InChI=1S/C19H28N4O3/c1-13(2)23-11-17(9-21-23)22-10-15(18(25)26-5)8-16(7-6-14(3)24)19(22,4)12-20/h9,11,13,15-16H,6-8,10H2,1-5H3. The van der Waals surface area contributed by atoms with Gasteiger partial charge in [-0.15, -0.1) is 0 Å². The maximum atomic E-state index is 12.2. The van der Waals surface area contributed by atoms with E-state index in [1.165, 1.54) is 7.11 Å². The molecule has 1 aromatic rings. The van der Waals surface area contributed by atoms with Crippen LogP contribution in [0.15, 0.2) is 12.4 Å². The zero-order valence-corrected chi connectivity index (χ0v) is 16.2. The Balaban J connectivity index is 2.41. The first-order valence-electron chi connectivity index (χ1n) is 9.03. The number of hydrogen-bond acceptors (Lipinski definition) is 6. The van der Waals surface area contributed by atoms with E-state index in [4.69, 9.17) is 4.74 Å². The summed E-state index contributed by atoms with van der Waals surface area (Å²) in [6.45, 7) is 7.90. The smallest absolute Gasteiger partial charge is 0.310 e. The number of ketones is 1. The predicted molar refractivity (Wildman–Crippen MR) is 97.5 cm³/mol. The van der Waals surface area contributed by atoms with Gasteiger partial charge in [-0.05, 0) is 46.5 Å². The predicted octanol–water partition coefficient (Wildman–Crippen LogP) is 2.73. The number of hydrogen-bond donors (Lipinski definition) is 0. The number of rotatable bonds is 6. The molecule has 1 aliphatic heterocycles. The minimum atomic E-state index is -0.815. The second-order valence-electron chi connectivity index (χ2n) is 7.54. The van der Waals surface area contributed by atoms with Gasteiger partial charge in [0.25, 0.3) is 0 Å². The summed E-state index contributed by atoms with van der Waals surface area (Å²) >= 11 is 0. The third-order valence-electron chi connectivity index (χ3n) is 5.36. The highest BCUT2D eigenvalue weighted by Gasteiger charge is 2.48. The summed E-state index contributed by atoms with van der Waals surface area (Å²) in [5.74, 6) is -0.638. The van der Waals surface area contributed by atoms with Gasteiger partial charge in [-0.2, -0.15) is 10.4 Å². The molecule has 0 saturated carbocycles. The third-order valence-corrected chi connectivity index (χ3v) is 5.36. The van der Waals surface area contributed by atoms with Crippen molar-refractivity contribution in [3.8, 4) is 6.07 Å². The Morgan fingerprint density at radius 3 is 2.69 bits per heavy atom. The zero-order valence-electron chi connectivity index (χ0n) is 16.2. The minimum Gasteiger partial charge on any atom is -0.469 e. The van der Waals surface area contributed by atoms with Gasteiger partial charge in [-0.3, -0.25) is 9.48 Å². The number of ether oxygens (including phenoxy) is 1. The average molecular weight is 360 g/mol. The van der Waals surface area contributed by atoms with E-state index in [-0.39, 0.29) is 29.6 Å². The number of esters is 1. The first kappa shape index (κ1) is 20.0. The number of aromatic nitrogens is 2. The average Bonchev–Trinajstić information content (AvgIpc) is 3.09. The first-order chi connectivity index (χ1) is 12.2. The van der Waals surface area contributed by atoms with Crippen molar-refractivity contribution < 1.29 is 14.3 Å². The Hall–Kier alpha value is -2.36. The minimum absolute atomic E-state index is 0.0876. The molecule has 0 N–H and O–H groups in total. The van der Waals surface area contributed by atoms with Gasteiger partial charge in [-0.1, -0.05) is 0 Å². The lowest BCUT2D eigenvalue weighted by atomic mass is 9.72. The number of carbonyl (C=O) groups excluding carboxylic acids is 2. The second-order valence-corrected chi connectivity index (χ2v) is 7.54. The highest BCUT2D eigenvalue weighted by Crippen LogP contribution is 2.41. The SMILES string of the molecule is COC(=O)C1CC(CCC(C)=O)C(C)(C#N)N(c2cnn(C(C)C)c2)C1. The van der Waals surface area contributed by atoms with Crippen LogP contribution in [-0.4, -0.2) is 40.7 Å². The highest BCUT2D eigenvalue weighted by atomic mass is 16.5. The van der Waals surface area contributed by atoms with Crippen molar-refractivity contribution in [1.82, 2.24) is 9.78 Å². The molecular formula is C19H28N4O3. The molecule has 0 aliphatic carbocycles. The lowest BCUT2D eigenvalue weighted by Gasteiger charge is -2.48. The Bertz CT molecular complexity index is 706. The van der Waals surface area contributed by atoms with Crippen molar-refractivity contribution in [2.75, 3.05) is 18.6 Å². The second kappa shape index (κ2) is 7.90. The van der Waals surface area contributed by atoms with Crippen LogP contribution in [0.2, 0.25) is 0 Å². The van der Waals surface area contributed by atoms with Crippen molar-refractivity contribution in [2.24, 2.45) is 11.8 Å². The van der Waals surface area contributed by atoms with Crippen molar-refractivity contribution in [3.05, 3.63) is 12.4 Å². The number of nitriles is 1. The van der Waals surface area contributed by atoms with Gasteiger partial charge in [-0.25, -0.2) is 0 Å². The molecular weight excluding hydrogens is 332 g/mol. The number of methoxy groups -OCH3 is 1. The Morgan fingerprint density at radius 1 is 1.50 bits per heavy atom. The maximum absolute atomic E-state index is 12.2. The van der Waals surface area contributed by atoms with Crippen LogP contribution in [0.25, 0.3) is 0 Å². The van der Waals surface area contributed by atoms with Crippen LogP contribution in [0, 0.1) is 23.2 Å². The lowest BCUT2D eigenvalue weighted by molar-refractivity contribution is -0.146. The number of carbonyl (C=O) groups is 2. The van der Waals surface area contributed by atoms with Crippen LogP contribution in [0.1, 0.15) is 53.0 Å². The van der Waals surface area contributed by atoms with Crippen molar-refractivity contribution in [1.29, 1.82) is 5.26 Å². The van der Waals surface area contributed by atoms with E-state index in [9.17, 15) is 14.9 Å². The quantitative estimate of drug-likeness (QED) is 0.725. The normalized spacial score (nSPS) is 25.8. The third kappa shape index (κ3) is 3.90. The van der Waals surface area contributed by atoms with Crippen LogP contribution < -0.4 is 4.90 Å². The summed E-state index contributed by atoms with van der Waals surface area (Å²) in [6, 6.07) is 2.64. The van der Waals surface area contributed by atoms with Crippen molar-refractivity contribution >= 4 is 17.4 Å². The molecule has 0 radical (unpaired) electrons. The van der Waals surface area contributed by atoms with Gasteiger partial charge in [0.1, 0.15) is 11.3 Å². The molecule has 7 nitrogen and oxygen atoms in total. The van der Waals surface area contributed by atoms with Crippen LogP contribution in [0.4, 0.5) is 5.69 Å². The van der Waals surface area contributed by atoms with E-state index >= 15 is 0 Å². The fourth-order valence-electron chi connectivity index (χ4n) is 3.67. The van der Waals surface area contributed by atoms with Gasteiger partial charge in [0, 0.05) is 25.2 Å². The molecule has 0 spiro atoms. The molecule has 3 atom stereocenters. The van der Waals surface area contributed by atoms with E-state index < -0.39 is 5.54 Å². The molecule has 2 rings (SSSR count). The summed E-state index contributed by atoms with van der Waals surface area (Å²) in [7, 11) is 1.38. The highest BCUT2D eigenvalue weighted by molar-refractivity contribution is 5.76. The molecule has 7 heteroatoms. The monoisotopic (exact) mass is 360 g/mol. The van der Waals surface area contributed by atoms with Crippen LogP contribution in [0.3, 0.4) is 0 Å². The maximum Gasteiger partial charge on any atom is 0.310 e. The molecule has 1 aliphatic rings. The molecule has 0 amide bonds. The number of anilines is 1. The van der Waals surface area contributed by atoms with E-state index in [1.54, 1.807) is 13.1 Å². The van der Waals surface area contributed by atoms with E-state index in [0.717, 1.165) is 5.69 Å². The lowest BCUT2D eigenvalue weighted by Crippen LogP contribution is -2.58. The largest absolute Gasteiger partial charge is 0.469 e. The van der Waals surface area contributed by atoms with Crippen molar-refractivity contribution in [3.63, 3.8) is 0 Å². The fourth-order valence-corrected chi connectivity index (χ4v) is 3.67. The fraction of sp³-hybridized carbons (Fsp3) is 0.684. The molecule has 1 fully saturated rings. The Kier molecular flexibility index (Phi) is 6.06.